The van der Waals surface area contributed by atoms with Crippen LogP contribution in [0.15, 0.2) is 24.3 Å². The number of nitrogens with one attached hydrogen (secondary N) is 1. The molecule has 3 rings (SSSR count). The number of hydrogen-bond acceptors (Lipinski definition) is 6. The van der Waals surface area contributed by atoms with Gasteiger partial charge in [0.15, 0.2) is 0 Å². The summed E-state index contributed by atoms with van der Waals surface area (Å²) in [5.41, 5.74) is 6.13. The van der Waals surface area contributed by atoms with Crippen LogP contribution in [0.4, 0.5) is 0 Å². The number of piperidine rings is 2. The lowest BCUT2D eigenvalue weighted by Crippen LogP contribution is -2.53. The van der Waals surface area contributed by atoms with Crippen molar-refractivity contribution in [2.45, 2.75) is 38.1 Å². The maximum atomic E-state index is 13.1. The van der Waals surface area contributed by atoms with Crippen molar-refractivity contribution >= 4 is 23.7 Å². The van der Waals surface area contributed by atoms with E-state index in [1.54, 1.807) is 21.9 Å². The van der Waals surface area contributed by atoms with Crippen LogP contribution in [-0.4, -0.2) is 82.5 Å². The summed E-state index contributed by atoms with van der Waals surface area (Å²) in [7, 11) is 0. The largest absolute Gasteiger partial charge is 0.508 e. The van der Waals surface area contributed by atoms with Gasteiger partial charge in [0, 0.05) is 32.6 Å². The molecule has 0 spiro atoms. The molecule has 10 nitrogen and oxygen atoms in total. The minimum absolute atomic E-state index is 0.0686. The first-order chi connectivity index (χ1) is 15.8. The van der Waals surface area contributed by atoms with Crippen molar-refractivity contribution in [1.82, 2.24) is 15.1 Å². The van der Waals surface area contributed by atoms with Crippen molar-refractivity contribution in [2.75, 3.05) is 32.7 Å². The summed E-state index contributed by atoms with van der Waals surface area (Å²) in [6, 6.07) is 5.05. The van der Waals surface area contributed by atoms with E-state index in [2.05, 4.69) is 5.32 Å². The van der Waals surface area contributed by atoms with Crippen LogP contribution < -0.4 is 11.1 Å². The summed E-state index contributed by atoms with van der Waals surface area (Å²) >= 11 is 0. The third kappa shape index (κ3) is 6.44. The molecule has 2 saturated heterocycles. The second kappa shape index (κ2) is 11.1. The van der Waals surface area contributed by atoms with Crippen molar-refractivity contribution < 1.29 is 29.4 Å². The third-order valence-electron chi connectivity index (χ3n) is 6.39. The number of likely N-dealkylation sites (tertiary alicyclic amines) is 2. The molecule has 2 aliphatic heterocycles. The number of phenolic OH excluding ortho intramolecular Hbond substituents is 1. The van der Waals surface area contributed by atoms with Gasteiger partial charge >= 0.3 is 5.97 Å². The number of carboxylic acid groups (broad SMARTS) is 1. The number of amides is 3. The van der Waals surface area contributed by atoms with Gasteiger partial charge in [-0.2, -0.15) is 0 Å². The molecule has 0 saturated carbocycles. The molecule has 2 fully saturated rings. The van der Waals surface area contributed by atoms with Gasteiger partial charge in [0.25, 0.3) is 0 Å². The number of rotatable bonds is 7. The van der Waals surface area contributed by atoms with Crippen molar-refractivity contribution in [1.29, 1.82) is 0 Å². The highest BCUT2D eigenvalue weighted by atomic mass is 16.4. The van der Waals surface area contributed by atoms with Crippen molar-refractivity contribution in [3.05, 3.63) is 29.8 Å². The summed E-state index contributed by atoms with van der Waals surface area (Å²) < 4.78 is 0. The van der Waals surface area contributed by atoms with Crippen LogP contribution in [0.1, 0.15) is 31.2 Å². The Morgan fingerprint density at radius 3 is 2.24 bits per heavy atom. The Morgan fingerprint density at radius 2 is 1.61 bits per heavy atom. The number of hydrogen-bond donors (Lipinski definition) is 4. The second-order valence-corrected chi connectivity index (χ2v) is 8.78. The van der Waals surface area contributed by atoms with E-state index in [0.29, 0.717) is 44.5 Å². The highest BCUT2D eigenvalue weighted by Gasteiger charge is 2.35. The first-order valence-electron chi connectivity index (χ1n) is 11.4. The normalized spacial score (nSPS) is 21.8. The highest BCUT2D eigenvalue weighted by Crippen LogP contribution is 2.24. The van der Waals surface area contributed by atoms with Gasteiger partial charge in [-0.1, -0.05) is 12.1 Å². The summed E-state index contributed by atoms with van der Waals surface area (Å²) in [5.74, 6) is -2.49. The standard InChI is InChI=1S/C23H32N4O6/c24-12-20(29)26-9-2-4-17(14-26)22(31)27-10-1-3-16(13-27)21(30)25-19(23(32)33)11-15-5-7-18(28)8-6-15/h5-8,16-17,19,28H,1-4,9-14,24H2,(H,25,30)(H,32,33)/t16-,17-,19+/m1/s1. The molecule has 1 aromatic rings. The van der Waals surface area contributed by atoms with Gasteiger partial charge in [-0.15, -0.1) is 0 Å². The van der Waals surface area contributed by atoms with Gasteiger partial charge in [0.05, 0.1) is 18.4 Å². The van der Waals surface area contributed by atoms with E-state index in [-0.39, 0.29) is 48.9 Å². The van der Waals surface area contributed by atoms with E-state index in [9.17, 15) is 29.4 Å². The van der Waals surface area contributed by atoms with Crippen LogP contribution in [0, 0.1) is 11.8 Å². The van der Waals surface area contributed by atoms with Crippen LogP contribution in [-0.2, 0) is 25.6 Å². The molecule has 3 atom stereocenters. The molecule has 180 valence electrons. The molecule has 33 heavy (non-hydrogen) atoms. The van der Waals surface area contributed by atoms with E-state index in [0.717, 1.165) is 6.42 Å². The maximum absolute atomic E-state index is 13.1. The number of nitrogens with zero attached hydrogens (tertiary/aromatic N) is 2. The zero-order valence-electron chi connectivity index (χ0n) is 18.6. The predicted octanol–water partition coefficient (Wildman–Crippen LogP) is -0.0600. The van der Waals surface area contributed by atoms with Crippen molar-refractivity contribution in [3.8, 4) is 5.75 Å². The Kier molecular flexibility index (Phi) is 8.26. The van der Waals surface area contributed by atoms with E-state index < -0.39 is 17.9 Å². The lowest BCUT2D eigenvalue weighted by molar-refractivity contribution is -0.145. The van der Waals surface area contributed by atoms with Crippen LogP contribution in [0.2, 0.25) is 0 Å². The molecular weight excluding hydrogens is 428 g/mol. The minimum atomic E-state index is -1.15. The summed E-state index contributed by atoms with van der Waals surface area (Å²) in [5, 5.41) is 21.6. The monoisotopic (exact) mass is 460 g/mol. The molecule has 2 heterocycles. The first kappa shape index (κ1) is 24.5. The average molecular weight is 461 g/mol. The Labute approximate surface area is 192 Å². The summed E-state index contributed by atoms with van der Waals surface area (Å²) in [6.45, 7) is 1.64. The molecule has 1 aromatic carbocycles. The van der Waals surface area contributed by atoms with E-state index in [4.69, 9.17) is 5.73 Å². The zero-order valence-corrected chi connectivity index (χ0v) is 18.6. The SMILES string of the molecule is NCC(=O)N1CCC[C@@H](C(=O)N2CCC[C@@H](C(=O)N[C@@H](Cc3ccc(O)cc3)C(=O)O)C2)C1. The molecule has 0 radical (unpaired) electrons. The molecule has 0 unspecified atom stereocenters. The van der Waals surface area contributed by atoms with E-state index in [1.807, 2.05) is 0 Å². The molecule has 0 bridgehead atoms. The lowest BCUT2D eigenvalue weighted by Gasteiger charge is -2.38. The summed E-state index contributed by atoms with van der Waals surface area (Å²) in [6.07, 6.45) is 2.73. The Balaban J connectivity index is 1.58. The number of aliphatic carboxylic acids is 1. The minimum Gasteiger partial charge on any atom is -0.508 e. The Morgan fingerprint density at radius 1 is 1.00 bits per heavy atom. The highest BCUT2D eigenvalue weighted by molar-refractivity contribution is 5.86. The predicted molar refractivity (Wildman–Crippen MR) is 119 cm³/mol. The van der Waals surface area contributed by atoms with Gasteiger partial charge in [-0.25, -0.2) is 4.79 Å². The zero-order chi connectivity index (χ0) is 24.0. The number of carboxylic acids is 1. The quantitative estimate of drug-likeness (QED) is 0.445. The van der Waals surface area contributed by atoms with Crippen LogP contribution in [0.5, 0.6) is 5.75 Å². The molecular formula is C23H32N4O6. The first-order valence-corrected chi connectivity index (χ1v) is 11.4. The Bertz CT molecular complexity index is 874. The van der Waals surface area contributed by atoms with Crippen LogP contribution in [0.25, 0.3) is 0 Å². The molecule has 10 heteroatoms. The lowest BCUT2D eigenvalue weighted by atomic mass is 9.92. The molecule has 0 aliphatic carbocycles. The van der Waals surface area contributed by atoms with E-state index in [1.165, 1.54) is 12.1 Å². The fraction of sp³-hybridized carbons (Fsp3) is 0.565. The van der Waals surface area contributed by atoms with Gasteiger partial charge in [0.1, 0.15) is 11.8 Å². The number of aromatic hydroxyl groups is 1. The number of carbonyl (C=O) groups is 4. The van der Waals surface area contributed by atoms with Crippen LogP contribution >= 0.6 is 0 Å². The number of benzene rings is 1. The fourth-order valence-corrected chi connectivity index (χ4v) is 4.54. The average Bonchev–Trinajstić information content (AvgIpc) is 2.84. The fourth-order valence-electron chi connectivity index (χ4n) is 4.54. The molecule has 5 N–H and O–H groups in total. The number of phenols is 1. The van der Waals surface area contributed by atoms with Crippen molar-refractivity contribution in [3.63, 3.8) is 0 Å². The van der Waals surface area contributed by atoms with Crippen molar-refractivity contribution in [2.24, 2.45) is 17.6 Å². The molecule has 2 aliphatic rings. The second-order valence-electron chi connectivity index (χ2n) is 8.78. The van der Waals surface area contributed by atoms with Crippen LogP contribution in [0.3, 0.4) is 0 Å². The van der Waals surface area contributed by atoms with Gasteiger partial charge in [-0.3, -0.25) is 14.4 Å². The van der Waals surface area contributed by atoms with Gasteiger partial charge in [0.2, 0.25) is 17.7 Å². The van der Waals surface area contributed by atoms with E-state index >= 15 is 0 Å². The number of carbonyl (C=O) groups excluding carboxylic acids is 3. The van der Waals surface area contributed by atoms with Gasteiger partial charge in [-0.05, 0) is 43.4 Å². The third-order valence-corrected chi connectivity index (χ3v) is 6.39. The Hall–Kier alpha value is -3.14. The molecule has 3 amide bonds. The topological polar surface area (TPSA) is 153 Å². The number of nitrogens with two attached hydrogens (primary N) is 1. The summed E-state index contributed by atoms with van der Waals surface area (Å²) in [4.78, 5) is 52.9. The van der Waals surface area contributed by atoms with Gasteiger partial charge < -0.3 is 31.1 Å². The smallest absolute Gasteiger partial charge is 0.326 e. The maximum Gasteiger partial charge on any atom is 0.326 e. The molecule has 0 aromatic heterocycles.